The highest BCUT2D eigenvalue weighted by molar-refractivity contribution is 5.63. The average Bonchev–Trinajstić information content (AvgIpc) is 3.04. The Balaban J connectivity index is 1.42. The number of hydrogen-bond acceptors (Lipinski definition) is 4. The first-order chi connectivity index (χ1) is 12.4. The molecule has 5 heteroatoms. The molecule has 128 valence electrons. The summed E-state index contributed by atoms with van der Waals surface area (Å²) >= 11 is 0. The lowest BCUT2D eigenvalue weighted by Crippen LogP contribution is -2.45. The topological polar surface area (TPSA) is 46.3 Å². The van der Waals surface area contributed by atoms with Gasteiger partial charge in [-0.25, -0.2) is 9.50 Å². The van der Waals surface area contributed by atoms with Gasteiger partial charge in [0.15, 0.2) is 11.5 Å². The fraction of sp³-hybridized carbons (Fsp3) is 0.450. The van der Waals surface area contributed by atoms with Crippen molar-refractivity contribution in [1.82, 2.24) is 24.5 Å². The summed E-state index contributed by atoms with van der Waals surface area (Å²) in [5, 5.41) is 4.82. The first-order valence-electron chi connectivity index (χ1n) is 9.37. The van der Waals surface area contributed by atoms with Gasteiger partial charge in [0.05, 0.1) is 0 Å². The maximum atomic E-state index is 4.82. The van der Waals surface area contributed by atoms with E-state index in [-0.39, 0.29) is 0 Å². The molecule has 0 radical (unpaired) electrons. The van der Waals surface area contributed by atoms with E-state index in [1.807, 2.05) is 29.0 Å². The van der Waals surface area contributed by atoms with Crippen molar-refractivity contribution in [3.8, 4) is 11.1 Å². The highest BCUT2D eigenvalue weighted by Crippen LogP contribution is 2.32. The van der Waals surface area contributed by atoms with Crippen LogP contribution >= 0.6 is 0 Å². The Labute approximate surface area is 147 Å². The molecule has 0 amide bonds. The minimum Gasteiger partial charge on any atom is -0.300 e. The lowest BCUT2D eigenvalue weighted by molar-refractivity contribution is 0.0929. The molecule has 3 aromatic rings. The SMILES string of the molecule is c1cc(-c2ccc3nc([C@@H]4CCCN(C5CCC5)C4)nn3c2)ccn1. The number of fused-ring (bicyclic) bond motifs is 1. The van der Waals surface area contributed by atoms with E-state index in [9.17, 15) is 0 Å². The molecule has 2 aliphatic rings. The fourth-order valence-electron chi connectivity index (χ4n) is 4.09. The number of rotatable bonds is 3. The Morgan fingerprint density at radius 1 is 0.920 bits per heavy atom. The first kappa shape index (κ1) is 15.0. The fourth-order valence-corrected chi connectivity index (χ4v) is 4.09. The van der Waals surface area contributed by atoms with Gasteiger partial charge >= 0.3 is 0 Å². The summed E-state index contributed by atoms with van der Waals surface area (Å²) in [6, 6.07) is 9.05. The Hall–Kier alpha value is -2.27. The summed E-state index contributed by atoms with van der Waals surface area (Å²) in [6.07, 6.45) is 12.3. The van der Waals surface area contributed by atoms with E-state index in [0.29, 0.717) is 5.92 Å². The second-order valence-corrected chi connectivity index (χ2v) is 7.35. The number of aromatic nitrogens is 4. The summed E-state index contributed by atoms with van der Waals surface area (Å²) < 4.78 is 1.94. The van der Waals surface area contributed by atoms with Gasteiger partial charge < -0.3 is 0 Å². The van der Waals surface area contributed by atoms with Crippen molar-refractivity contribution in [3.05, 3.63) is 48.7 Å². The molecular weight excluding hydrogens is 310 g/mol. The number of hydrogen-bond donors (Lipinski definition) is 0. The molecular formula is C20H23N5. The van der Waals surface area contributed by atoms with E-state index in [0.717, 1.165) is 35.2 Å². The number of piperidine rings is 1. The van der Waals surface area contributed by atoms with E-state index >= 15 is 0 Å². The van der Waals surface area contributed by atoms with Crippen LogP contribution in [-0.2, 0) is 0 Å². The molecule has 1 aliphatic carbocycles. The van der Waals surface area contributed by atoms with E-state index in [1.54, 1.807) is 0 Å². The molecule has 1 aliphatic heterocycles. The zero-order chi connectivity index (χ0) is 16.6. The number of pyridine rings is 2. The minimum absolute atomic E-state index is 0.471. The lowest BCUT2D eigenvalue weighted by Gasteiger charge is -2.41. The molecule has 0 unspecified atom stereocenters. The van der Waals surface area contributed by atoms with Gasteiger partial charge in [0.1, 0.15) is 0 Å². The third kappa shape index (κ3) is 2.82. The molecule has 4 heterocycles. The molecule has 1 saturated heterocycles. The summed E-state index contributed by atoms with van der Waals surface area (Å²) in [5.41, 5.74) is 3.24. The highest BCUT2D eigenvalue weighted by Gasteiger charge is 2.31. The highest BCUT2D eigenvalue weighted by atomic mass is 15.3. The van der Waals surface area contributed by atoms with E-state index in [4.69, 9.17) is 10.1 Å². The van der Waals surface area contributed by atoms with Gasteiger partial charge in [-0.05, 0) is 62.1 Å². The lowest BCUT2D eigenvalue weighted by atomic mass is 9.87. The Morgan fingerprint density at radius 3 is 2.60 bits per heavy atom. The van der Waals surface area contributed by atoms with Gasteiger partial charge in [0, 0.05) is 42.7 Å². The van der Waals surface area contributed by atoms with Gasteiger partial charge in [0.2, 0.25) is 0 Å². The summed E-state index contributed by atoms with van der Waals surface area (Å²) in [4.78, 5) is 11.6. The minimum atomic E-state index is 0.471. The maximum absolute atomic E-state index is 4.82. The van der Waals surface area contributed by atoms with Gasteiger partial charge in [-0.15, -0.1) is 0 Å². The molecule has 2 fully saturated rings. The van der Waals surface area contributed by atoms with Crippen LogP contribution in [0.1, 0.15) is 43.8 Å². The maximum Gasteiger partial charge on any atom is 0.156 e. The Kier molecular flexibility index (Phi) is 3.74. The zero-order valence-corrected chi connectivity index (χ0v) is 14.4. The van der Waals surface area contributed by atoms with Crippen LogP contribution in [-0.4, -0.2) is 43.6 Å². The van der Waals surface area contributed by atoms with Crippen molar-refractivity contribution in [2.24, 2.45) is 0 Å². The zero-order valence-electron chi connectivity index (χ0n) is 14.4. The Morgan fingerprint density at radius 2 is 1.80 bits per heavy atom. The monoisotopic (exact) mass is 333 g/mol. The van der Waals surface area contributed by atoms with Crippen LogP contribution in [0.25, 0.3) is 16.8 Å². The molecule has 3 aromatic heterocycles. The number of nitrogens with zero attached hydrogens (tertiary/aromatic N) is 5. The van der Waals surface area contributed by atoms with Crippen LogP contribution < -0.4 is 0 Å². The molecule has 5 rings (SSSR count). The van der Waals surface area contributed by atoms with Crippen LogP contribution in [0.5, 0.6) is 0 Å². The van der Waals surface area contributed by atoms with Crippen LogP contribution in [0.4, 0.5) is 0 Å². The summed E-state index contributed by atoms with van der Waals surface area (Å²) in [6.45, 7) is 2.37. The van der Waals surface area contributed by atoms with Crippen molar-refractivity contribution in [2.45, 2.75) is 44.1 Å². The van der Waals surface area contributed by atoms with Crippen molar-refractivity contribution in [3.63, 3.8) is 0 Å². The molecule has 5 nitrogen and oxygen atoms in total. The molecule has 1 atom stereocenters. The average molecular weight is 333 g/mol. The van der Waals surface area contributed by atoms with E-state index in [2.05, 4.69) is 28.2 Å². The molecule has 1 saturated carbocycles. The standard InChI is InChI=1S/C20H23N5/c1-4-18(5-1)24-12-2-3-17(13-24)20-22-19-7-6-16(14-25(19)23-20)15-8-10-21-11-9-15/h6-11,14,17-18H,1-5,12-13H2/t17-/m1/s1. The van der Waals surface area contributed by atoms with Crippen molar-refractivity contribution < 1.29 is 0 Å². The van der Waals surface area contributed by atoms with Crippen LogP contribution in [0.15, 0.2) is 42.9 Å². The second-order valence-electron chi connectivity index (χ2n) is 7.35. The van der Waals surface area contributed by atoms with Crippen molar-refractivity contribution in [1.29, 1.82) is 0 Å². The predicted octanol–water partition coefficient (Wildman–Crippen LogP) is 3.52. The second kappa shape index (κ2) is 6.23. The van der Waals surface area contributed by atoms with Gasteiger partial charge in [0.25, 0.3) is 0 Å². The Bertz CT molecular complexity index is 868. The van der Waals surface area contributed by atoms with E-state index < -0.39 is 0 Å². The van der Waals surface area contributed by atoms with Crippen LogP contribution in [0.2, 0.25) is 0 Å². The predicted molar refractivity (Wildman–Crippen MR) is 97.4 cm³/mol. The summed E-state index contributed by atoms with van der Waals surface area (Å²) in [5.74, 6) is 1.48. The molecule has 0 bridgehead atoms. The van der Waals surface area contributed by atoms with Gasteiger partial charge in [-0.3, -0.25) is 9.88 Å². The van der Waals surface area contributed by atoms with Crippen molar-refractivity contribution >= 4 is 5.65 Å². The first-order valence-corrected chi connectivity index (χ1v) is 9.37. The third-order valence-corrected chi connectivity index (χ3v) is 5.77. The van der Waals surface area contributed by atoms with Crippen LogP contribution in [0, 0.1) is 0 Å². The third-order valence-electron chi connectivity index (χ3n) is 5.77. The van der Waals surface area contributed by atoms with Crippen LogP contribution in [0.3, 0.4) is 0 Å². The number of likely N-dealkylation sites (tertiary alicyclic amines) is 1. The summed E-state index contributed by atoms with van der Waals surface area (Å²) in [7, 11) is 0. The smallest absolute Gasteiger partial charge is 0.156 e. The molecule has 0 N–H and O–H groups in total. The molecule has 0 aromatic carbocycles. The van der Waals surface area contributed by atoms with Crippen molar-refractivity contribution in [2.75, 3.05) is 13.1 Å². The molecule has 0 spiro atoms. The van der Waals surface area contributed by atoms with Gasteiger partial charge in [-0.1, -0.05) is 6.42 Å². The normalized spacial score (nSPS) is 22.2. The largest absolute Gasteiger partial charge is 0.300 e. The van der Waals surface area contributed by atoms with Gasteiger partial charge in [-0.2, -0.15) is 5.10 Å². The quantitative estimate of drug-likeness (QED) is 0.736. The molecule has 25 heavy (non-hydrogen) atoms. The van der Waals surface area contributed by atoms with E-state index in [1.165, 1.54) is 38.6 Å².